The Labute approximate surface area is 179 Å². The average molecular weight is 429 g/mol. The van der Waals surface area contributed by atoms with E-state index in [2.05, 4.69) is 18.0 Å². The smallest absolute Gasteiger partial charge is 0.274 e. The third kappa shape index (κ3) is 4.67. The molecule has 2 aromatic carbocycles. The minimum Gasteiger partial charge on any atom is -0.497 e. The lowest BCUT2D eigenvalue weighted by molar-refractivity contribution is 0.0595. The first kappa shape index (κ1) is 20.0. The molecule has 1 amide bonds. The Bertz CT molecular complexity index is 997. The molecule has 1 aliphatic rings. The fourth-order valence-electron chi connectivity index (χ4n) is 3.45. The number of carbonyl (C=O) groups is 1. The molecule has 152 valence electrons. The van der Waals surface area contributed by atoms with Crippen molar-refractivity contribution in [1.82, 2.24) is 9.88 Å². The number of aromatic nitrogens is 1. The number of hydrogen-bond acceptors (Lipinski definition) is 6. The summed E-state index contributed by atoms with van der Waals surface area (Å²) in [5.41, 5.74) is 1.69. The Kier molecular flexibility index (Phi) is 6.25. The van der Waals surface area contributed by atoms with Gasteiger partial charge in [0.05, 0.1) is 17.3 Å². The summed E-state index contributed by atoms with van der Waals surface area (Å²) in [6.07, 6.45) is 1.71. The molecule has 0 N–H and O–H groups in total. The normalized spacial score (nSPS) is 14.9. The number of piperidine rings is 1. The maximum atomic E-state index is 12.9. The van der Waals surface area contributed by atoms with Crippen LogP contribution < -0.4 is 9.47 Å². The van der Waals surface area contributed by atoms with E-state index in [4.69, 9.17) is 9.47 Å². The van der Waals surface area contributed by atoms with E-state index < -0.39 is 0 Å². The minimum absolute atomic E-state index is 0.0866. The lowest BCUT2D eigenvalue weighted by atomic mass is 10.1. The molecule has 0 aliphatic carbocycles. The number of likely N-dealkylation sites (tertiary alicyclic amines) is 1. The number of carbonyl (C=O) groups excluding carboxylic acids is 1. The maximum Gasteiger partial charge on any atom is 0.274 e. The molecule has 1 aliphatic heterocycles. The van der Waals surface area contributed by atoms with Crippen molar-refractivity contribution in [2.45, 2.75) is 30.8 Å². The first-order valence-electron chi connectivity index (χ1n) is 9.79. The number of methoxy groups -OCH3 is 1. The van der Waals surface area contributed by atoms with Gasteiger partial charge in [-0.2, -0.15) is 0 Å². The van der Waals surface area contributed by atoms with Crippen LogP contribution in [0.1, 0.15) is 30.1 Å². The molecule has 0 spiro atoms. The summed E-state index contributed by atoms with van der Waals surface area (Å²) < 4.78 is 12.4. The van der Waals surface area contributed by atoms with Gasteiger partial charge in [0.2, 0.25) is 0 Å². The molecule has 5 nitrogen and oxygen atoms in total. The van der Waals surface area contributed by atoms with Crippen LogP contribution in [0, 0.1) is 0 Å². The second-order valence-corrected chi connectivity index (χ2v) is 9.21. The molecular formula is C22H24N2O3S2. The summed E-state index contributed by atoms with van der Waals surface area (Å²) in [5, 5.41) is 0.683. The molecule has 1 fully saturated rings. The zero-order valence-electron chi connectivity index (χ0n) is 16.6. The highest BCUT2D eigenvalue weighted by Crippen LogP contribution is 2.32. The van der Waals surface area contributed by atoms with Gasteiger partial charge >= 0.3 is 0 Å². The first-order chi connectivity index (χ1) is 14.2. The molecule has 3 aromatic rings. The Morgan fingerprint density at radius 3 is 2.83 bits per heavy atom. The fraction of sp³-hybridized carbons (Fsp3) is 0.364. The number of rotatable bonds is 6. The highest BCUT2D eigenvalue weighted by atomic mass is 32.2. The van der Waals surface area contributed by atoms with Gasteiger partial charge in [0.1, 0.15) is 11.9 Å². The molecule has 0 saturated carbocycles. The number of benzene rings is 2. The lowest BCUT2D eigenvalue weighted by Crippen LogP contribution is -2.41. The molecule has 0 bridgehead atoms. The summed E-state index contributed by atoms with van der Waals surface area (Å²) in [6.45, 7) is 3.52. The molecule has 7 heteroatoms. The molecule has 1 aromatic heterocycles. The fourth-order valence-corrected chi connectivity index (χ4v) is 5.08. The van der Waals surface area contributed by atoms with Crippen molar-refractivity contribution in [3.8, 4) is 10.9 Å². The van der Waals surface area contributed by atoms with Crippen LogP contribution >= 0.6 is 23.1 Å². The maximum absolute atomic E-state index is 12.9. The summed E-state index contributed by atoms with van der Waals surface area (Å²) in [5.74, 6) is 1.92. The van der Waals surface area contributed by atoms with E-state index >= 15 is 0 Å². The topological polar surface area (TPSA) is 51.7 Å². The number of fused-ring (bicyclic) bond motifs is 1. The van der Waals surface area contributed by atoms with Crippen molar-refractivity contribution in [1.29, 1.82) is 0 Å². The Morgan fingerprint density at radius 1 is 1.24 bits per heavy atom. The van der Waals surface area contributed by atoms with Gasteiger partial charge in [-0.1, -0.05) is 24.3 Å². The van der Waals surface area contributed by atoms with Gasteiger partial charge in [0.25, 0.3) is 11.1 Å². The predicted molar refractivity (Wildman–Crippen MR) is 119 cm³/mol. The van der Waals surface area contributed by atoms with Crippen molar-refractivity contribution in [2.24, 2.45) is 0 Å². The molecule has 0 atom stereocenters. The van der Waals surface area contributed by atoms with Crippen molar-refractivity contribution < 1.29 is 14.3 Å². The molecule has 29 heavy (non-hydrogen) atoms. The van der Waals surface area contributed by atoms with Crippen LogP contribution in [0.4, 0.5) is 0 Å². The van der Waals surface area contributed by atoms with Crippen LogP contribution in [0.2, 0.25) is 0 Å². The molecule has 2 heterocycles. The highest BCUT2D eigenvalue weighted by Gasteiger charge is 2.25. The van der Waals surface area contributed by atoms with E-state index in [1.165, 1.54) is 11.3 Å². The highest BCUT2D eigenvalue weighted by molar-refractivity contribution is 7.99. The Morgan fingerprint density at radius 2 is 2.07 bits per heavy atom. The third-order valence-corrected chi connectivity index (χ3v) is 6.75. The van der Waals surface area contributed by atoms with Gasteiger partial charge in [-0.15, -0.1) is 11.8 Å². The predicted octanol–water partition coefficient (Wildman–Crippen LogP) is 5.10. The van der Waals surface area contributed by atoms with E-state index in [-0.39, 0.29) is 12.0 Å². The van der Waals surface area contributed by atoms with Gasteiger partial charge in [-0.25, -0.2) is 4.98 Å². The van der Waals surface area contributed by atoms with Crippen molar-refractivity contribution in [3.05, 3.63) is 48.0 Å². The molecular weight excluding hydrogens is 404 g/mol. The van der Waals surface area contributed by atoms with Crippen molar-refractivity contribution in [2.75, 3.05) is 26.0 Å². The van der Waals surface area contributed by atoms with E-state index in [1.54, 1.807) is 18.9 Å². The number of amides is 1. The largest absolute Gasteiger partial charge is 0.497 e. The Hall–Kier alpha value is -2.25. The van der Waals surface area contributed by atoms with E-state index in [1.807, 2.05) is 41.3 Å². The van der Waals surface area contributed by atoms with E-state index in [9.17, 15) is 4.79 Å². The lowest BCUT2D eigenvalue weighted by Gasteiger charge is -2.31. The van der Waals surface area contributed by atoms with Gasteiger partial charge in [-0.3, -0.25) is 4.79 Å². The number of nitrogens with zero attached hydrogens (tertiary/aromatic N) is 2. The van der Waals surface area contributed by atoms with Gasteiger partial charge < -0.3 is 14.4 Å². The van der Waals surface area contributed by atoms with Crippen LogP contribution in [0.25, 0.3) is 10.2 Å². The zero-order valence-corrected chi connectivity index (χ0v) is 18.2. The summed E-state index contributed by atoms with van der Waals surface area (Å²) >= 11 is 3.29. The van der Waals surface area contributed by atoms with E-state index in [0.29, 0.717) is 18.3 Å². The van der Waals surface area contributed by atoms with Crippen molar-refractivity contribution in [3.63, 3.8) is 0 Å². The monoisotopic (exact) mass is 428 g/mol. The molecule has 1 saturated heterocycles. The van der Waals surface area contributed by atoms with Crippen LogP contribution in [0.15, 0.2) is 47.4 Å². The first-order valence-corrected chi connectivity index (χ1v) is 11.6. The van der Waals surface area contributed by atoms with Crippen LogP contribution in [0.5, 0.6) is 10.9 Å². The number of thiazole rings is 1. The van der Waals surface area contributed by atoms with Crippen LogP contribution in [0.3, 0.4) is 0 Å². The minimum atomic E-state index is 0.0866. The van der Waals surface area contributed by atoms with Crippen LogP contribution in [-0.4, -0.2) is 47.8 Å². The quantitative estimate of drug-likeness (QED) is 0.511. The Balaban J connectivity index is 1.35. The summed E-state index contributed by atoms with van der Waals surface area (Å²) in [7, 11) is 1.66. The number of thioether (sulfide) groups is 1. The molecule has 4 rings (SSSR count). The standard InChI is InChI=1S/C22H24N2O3S2/c1-3-28-18-6-4-5-15(13-18)21(25)24-11-9-16(10-12-24)27-22-23-19-8-7-17(26-2)14-20(19)29-22/h4-8,13-14,16H,3,9-12H2,1-2H3. The SMILES string of the molecule is CCSc1cccc(C(=O)N2CCC(Oc3nc4ccc(OC)cc4s3)CC2)c1. The number of ether oxygens (including phenoxy) is 2. The second-order valence-electron chi connectivity index (χ2n) is 6.88. The van der Waals surface area contributed by atoms with Crippen molar-refractivity contribution >= 4 is 39.2 Å². The van der Waals surface area contributed by atoms with Gasteiger partial charge in [0, 0.05) is 36.4 Å². The van der Waals surface area contributed by atoms with Gasteiger partial charge in [0.15, 0.2) is 0 Å². The summed E-state index contributed by atoms with van der Waals surface area (Å²) in [6, 6.07) is 13.7. The number of hydrogen-bond donors (Lipinski definition) is 0. The van der Waals surface area contributed by atoms with E-state index in [0.717, 1.165) is 45.0 Å². The summed E-state index contributed by atoms with van der Waals surface area (Å²) in [4.78, 5) is 20.5. The van der Waals surface area contributed by atoms with Gasteiger partial charge in [-0.05, 0) is 42.2 Å². The van der Waals surface area contributed by atoms with Crippen LogP contribution in [-0.2, 0) is 0 Å². The second kappa shape index (κ2) is 9.05. The zero-order chi connectivity index (χ0) is 20.2. The molecule has 0 unspecified atom stereocenters. The molecule has 0 radical (unpaired) electrons. The average Bonchev–Trinajstić information content (AvgIpc) is 3.15. The third-order valence-electron chi connectivity index (χ3n) is 4.96.